The van der Waals surface area contributed by atoms with Crippen LogP contribution in [0, 0.1) is 29.1 Å². The van der Waals surface area contributed by atoms with Crippen LogP contribution in [0.1, 0.15) is 10.4 Å². The summed E-state index contributed by atoms with van der Waals surface area (Å²) in [6.45, 7) is 0. The van der Waals surface area contributed by atoms with Crippen molar-refractivity contribution in [1.82, 2.24) is 0 Å². The molecule has 1 rings (SSSR count). The summed E-state index contributed by atoms with van der Waals surface area (Å²) in [4.78, 5) is 10.1. The third-order valence-electron chi connectivity index (χ3n) is 1.42. The van der Waals surface area contributed by atoms with E-state index in [1.54, 1.807) is 0 Å². The minimum atomic E-state index is -2.38. The van der Waals surface area contributed by atoms with E-state index in [1.165, 1.54) is 0 Å². The summed E-state index contributed by atoms with van der Waals surface area (Å²) in [7, 11) is 0. The molecular formula is C7H4BiF5O2. The molecule has 0 aliphatic carbocycles. The number of benzene rings is 1. The number of halogens is 5. The second kappa shape index (κ2) is 4.83. The second-order valence-corrected chi connectivity index (χ2v) is 2.25. The van der Waals surface area contributed by atoms with Crippen molar-refractivity contribution in [2.24, 2.45) is 0 Å². The van der Waals surface area contributed by atoms with Gasteiger partial charge in [0.2, 0.25) is 5.82 Å². The predicted octanol–water partition coefficient (Wildman–Crippen LogP) is 0.896. The Kier molecular flexibility index (Phi) is 4.58. The predicted molar refractivity (Wildman–Crippen MR) is 43.1 cm³/mol. The van der Waals surface area contributed by atoms with Crippen LogP contribution in [0.5, 0.6) is 0 Å². The molecule has 0 heterocycles. The summed E-state index contributed by atoms with van der Waals surface area (Å²) in [6.07, 6.45) is 0. The Hall–Kier alpha value is -0.777. The van der Waals surface area contributed by atoms with Crippen molar-refractivity contribution in [2.75, 3.05) is 0 Å². The van der Waals surface area contributed by atoms with E-state index in [1.807, 2.05) is 0 Å². The van der Waals surface area contributed by atoms with Crippen molar-refractivity contribution in [3.8, 4) is 0 Å². The molecule has 0 fully saturated rings. The third kappa shape index (κ3) is 2.25. The molecule has 1 aromatic rings. The van der Waals surface area contributed by atoms with Crippen LogP contribution in [0.25, 0.3) is 0 Å². The van der Waals surface area contributed by atoms with Crippen LogP contribution in [-0.2, 0) is 0 Å². The summed E-state index contributed by atoms with van der Waals surface area (Å²) in [5.41, 5.74) is -1.86. The Balaban J connectivity index is 0.00000196. The molecule has 0 atom stereocenters. The molecule has 0 radical (unpaired) electrons. The maximum atomic E-state index is 12.6. The third-order valence-corrected chi connectivity index (χ3v) is 1.42. The fourth-order valence-electron chi connectivity index (χ4n) is 0.793. The molecule has 0 saturated heterocycles. The number of hydrogen-bond acceptors (Lipinski definition) is 1. The summed E-state index contributed by atoms with van der Waals surface area (Å²) in [5, 5.41) is 8.15. The molecular weight excluding hydrogens is 420 g/mol. The van der Waals surface area contributed by atoms with E-state index in [9.17, 15) is 26.7 Å². The Labute approximate surface area is 98.8 Å². The summed E-state index contributed by atoms with van der Waals surface area (Å²) >= 11 is 0. The molecule has 0 spiro atoms. The average Bonchev–Trinajstić information content (AvgIpc) is 2.11. The minimum absolute atomic E-state index is 0. The van der Waals surface area contributed by atoms with E-state index in [0.29, 0.717) is 0 Å². The molecule has 0 bridgehead atoms. The van der Waals surface area contributed by atoms with Crippen LogP contribution in [0.4, 0.5) is 22.0 Å². The second-order valence-electron chi connectivity index (χ2n) is 2.25. The van der Waals surface area contributed by atoms with Crippen molar-refractivity contribution < 1.29 is 31.9 Å². The average molecular weight is 424 g/mol. The van der Waals surface area contributed by atoms with Gasteiger partial charge < -0.3 is 5.11 Å². The Morgan fingerprint density at radius 3 is 1.33 bits per heavy atom. The molecule has 0 saturated carbocycles. The van der Waals surface area contributed by atoms with Gasteiger partial charge in [0.05, 0.1) is 0 Å². The molecule has 0 amide bonds. The first kappa shape index (κ1) is 14.2. The van der Waals surface area contributed by atoms with E-state index in [4.69, 9.17) is 5.11 Å². The Morgan fingerprint density at radius 1 is 0.800 bits per heavy atom. The van der Waals surface area contributed by atoms with Crippen molar-refractivity contribution in [3.05, 3.63) is 34.6 Å². The van der Waals surface area contributed by atoms with Crippen molar-refractivity contribution in [3.63, 3.8) is 0 Å². The number of carbonyl (C=O) groups is 1. The molecule has 0 unspecified atom stereocenters. The van der Waals surface area contributed by atoms with Gasteiger partial charge in [-0.3, -0.25) is 0 Å². The molecule has 1 aromatic carbocycles. The fraction of sp³-hybridized carbons (Fsp3) is 0. The van der Waals surface area contributed by atoms with Gasteiger partial charge in [-0.1, -0.05) is 0 Å². The zero-order valence-electron chi connectivity index (χ0n) is 6.95. The van der Waals surface area contributed by atoms with E-state index < -0.39 is 40.6 Å². The van der Waals surface area contributed by atoms with Gasteiger partial charge in [0, 0.05) is 0 Å². The fourth-order valence-corrected chi connectivity index (χ4v) is 0.793. The first-order chi connectivity index (χ1) is 6.37. The molecule has 1 N–H and O–H groups in total. The number of rotatable bonds is 1. The topological polar surface area (TPSA) is 37.3 Å². The van der Waals surface area contributed by atoms with Gasteiger partial charge in [-0.15, -0.1) is 0 Å². The zero-order valence-corrected chi connectivity index (χ0v) is 12.5. The van der Waals surface area contributed by atoms with Gasteiger partial charge >= 0.3 is 32.2 Å². The van der Waals surface area contributed by atoms with Gasteiger partial charge in [0.1, 0.15) is 5.56 Å². The van der Waals surface area contributed by atoms with Crippen LogP contribution in [0.2, 0.25) is 0 Å². The van der Waals surface area contributed by atoms with Crippen LogP contribution >= 0.6 is 0 Å². The monoisotopic (exact) mass is 424 g/mol. The van der Waals surface area contributed by atoms with Gasteiger partial charge in [-0.2, -0.15) is 0 Å². The summed E-state index contributed by atoms with van der Waals surface area (Å²) in [6, 6.07) is 0. The summed E-state index contributed by atoms with van der Waals surface area (Å²) < 4.78 is 62.1. The van der Waals surface area contributed by atoms with Crippen LogP contribution < -0.4 is 0 Å². The van der Waals surface area contributed by atoms with Crippen molar-refractivity contribution in [1.29, 1.82) is 0 Å². The first-order valence-corrected chi connectivity index (χ1v) is 3.12. The van der Waals surface area contributed by atoms with Gasteiger partial charge in [-0.05, 0) is 0 Å². The van der Waals surface area contributed by atoms with E-state index >= 15 is 0 Å². The number of aromatic carboxylic acids is 1. The van der Waals surface area contributed by atoms with Crippen LogP contribution in [0.3, 0.4) is 0 Å². The molecule has 15 heavy (non-hydrogen) atoms. The maximum absolute atomic E-state index is 12.6. The molecule has 2 nitrogen and oxygen atoms in total. The molecule has 8 heteroatoms. The van der Waals surface area contributed by atoms with Crippen LogP contribution in [-0.4, -0.2) is 37.3 Å². The SMILES string of the molecule is O=C(O)c1c(F)c(F)c(F)c(F)c1F.[BiH3]. The number of carboxylic acids is 1. The normalized spacial score (nSPS) is 9.67. The van der Waals surface area contributed by atoms with Crippen molar-refractivity contribution in [2.45, 2.75) is 0 Å². The van der Waals surface area contributed by atoms with Gasteiger partial charge in [0.15, 0.2) is 23.3 Å². The molecule has 84 valence electrons. The Bertz CT molecular complexity index is 391. The van der Waals surface area contributed by atoms with E-state index in [2.05, 4.69) is 0 Å². The number of carboxylic acid groups (broad SMARTS) is 1. The van der Waals surface area contributed by atoms with Gasteiger partial charge in [0.25, 0.3) is 0 Å². The molecule has 0 aromatic heterocycles. The van der Waals surface area contributed by atoms with Gasteiger partial charge in [-0.25, -0.2) is 26.7 Å². The number of hydrogen-bond donors (Lipinski definition) is 1. The standard InChI is InChI=1S/C7HF5O2.Bi.3H/c8-2-1(7(13)14)3(9)5(11)6(12)4(2)10;;;;/h(H,13,14);;;;. The zero-order chi connectivity index (χ0) is 11.0. The van der Waals surface area contributed by atoms with E-state index in [0.717, 1.165) is 0 Å². The molecule has 0 aliphatic rings. The van der Waals surface area contributed by atoms with Crippen molar-refractivity contribution >= 4 is 32.2 Å². The molecule has 0 aliphatic heterocycles. The van der Waals surface area contributed by atoms with E-state index in [-0.39, 0.29) is 26.2 Å². The Morgan fingerprint density at radius 2 is 1.07 bits per heavy atom. The first-order valence-electron chi connectivity index (χ1n) is 3.12. The summed E-state index contributed by atoms with van der Waals surface area (Å²) in [5.74, 6) is -13.9. The van der Waals surface area contributed by atoms with Crippen LogP contribution in [0.15, 0.2) is 0 Å². The quantitative estimate of drug-likeness (QED) is 0.315.